The first-order valence-corrected chi connectivity index (χ1v) is 6.44. The van der Waals surface area contributed by atoms with Crippen LogP contribution in [0.1, 0.15) is 23.0 Å². The van der Waals surface area contributed by atoms with E-state index in [1.54, 1.807) is 12.1 Å². The molecule has 0 spiro atoms. The number of aryl methyl sites for hydroxylation is 1. The summed E-state index contributed by atoms with van der Waals surface area (Å²) in [6.07, 6.45) is 1.79. The van der Waals surface area contributed by atoms with Crippen molar-refractivity contribution < 1.29 is 14.3 Å². The Morgan fingerprint density at radius 1 is 1.42 bits per heavy atom. The van der Waals surface area contributed by atoms with E-state index in [0.717, 1.165) is 11.8 Å². The van der Waals surface area contributed by atoms with Crippen molar-refractivity contribution >= 4 is 17.7 Å². The highest BCUT2D eigenvalue weighted by Crippen LogP contribution is 2.29. The van der Waals surface area contributed by atoms with Crippen molar-refractivity contribution in [2.75, 3.05) is 0 Å². The molecule has 0 saturated carbocycles. The number of carbonyl (C=O) groups is 1. The smallest absolute Gasteiger partial charge is 0.335 e. The van der Waals surface area contributed by atoms with Gasteiger partial charge in [0, 0.05) is 4.90 Å². The van der Waals surface area contributed by atoms with E-state index in [0.29, 0.717) is 17.0 Å². The van der Waals surface area contributed by atoms with Crippen LogP contribution in [-0.2, 0) is 6.42 Å². The molecule has 0 unspecified atom stereocenters. The Bertz CT molecular complexity index is 619. The van der Waals surface area contributed by atoms with Crippen LogP contribution in [0.5, 0.6) is 0 Å². The second kappa shape index (κ2) is 5.79. The number of nitrogens with zero attached hydrogens (tertiary/aromatic N) is 2. The van der Waals surface area contributed by atoms with Gasteiger partial charge in [-0.2, -0.15) is 0 Å². The summed E-state index contributed by atoms with van der Waals surface area (Å²) in [4.78, 5) is 19.2. The highest BCUT2D eigenvalue weighted by molar-refractivity contribution is 7.99. The van der Waals surface area contributed by atoms with E-state index >= 15 is 0 Å². The monoisotopic (exact) mass is 278 g/mol. The molecule has 0 saturated heterocycles. The molecule has 2 aromatic rings. The summed E-state index contributed by atoms with van der Waals surface area (Å²) in [7, 11) is 0. The predicted octanol–water partition coefficient (Wildman–Crippen LogP) is 3.03. The highest BCUT2D eigenvalue weighted by Gasteiger charge is 2.12. The number of aromatic carboxylic acids is 1. The van der Waals surface area contributed by atoms with Gasteiger partial charge in [-0.3, -0.25) is 0 Å². The van der Waals surface area contributed by atoms with Gasteiger partial charge < -0.3 is 5.11 Å². The van der Waals surface area contributed by atoms with Crippen molar-refractivity contribution in [3.63, 3.8) is 0 Å². The lowest BCUT2D eigenvalue weighted by atomic mass is 10.2. The molecule has 4 nitrogen and oxygen atoms in total. The Labute approximate surface area is 113 Å². The highest BCUT2D eigenvalue weighted by atomic mass is 32.2. The van der Waals surface area contributed by atoms with Gasteiger partial charge in [0.1, 0.15) is 11.4 Å². The number of hydrogen-bond acceptors (Lipinski definition) is 4. The largest absolute Gasteiger partial charge is 0.478 e. The van der Waals surface area contributed by atoms with Crippen molar-refractivity contribution in [2.45, 2.75) is 23.3 Å². The predicted molar refractivity (Wildman–Crippen MR) is 68.9 cm³/mol. The van der Waals surface area contributed by atoms with Gasteiger partial charge in [-0.25, -0.2) is 19.2 Å². The Balaban J connectivity index is 2.31. The van der Waals surface area contributed by atoms with Crippen LogP contribution in [0.25, 0.3) is 0 Å². The Morgan fingerprint density at radius 3 is 2.89 bits per heavy atom. The Kier molecular flexibility index (Phi) is 4.11. The molecule has 98 valence electrons. The minimum absolute atomic E-state index is 0.162. The van der Waals surface area contributed by atoms with E-state index in [-0.39, 0.29) is 10.6 Å². The van der Waals surface area contributed by atoms with Crippen LogP contribution in [0.2, 0.25) is 0 Å². The molecular formula is C13H11FN2O2S. The summed E-state index contributed by atoms with van der Waals surface area (Å²) in [5.74, 6) is -1.46. The number of carboxylic acids is 1. The SMILES string of the molecule is CCc1ncnc(Sc2cccc(C(=O)O)c2)c1F. The maximum atomic E-state index is 14.0. The van der Waals surface area contributed by atoms with Crippen LogP contribution in [0, 0.1) is 5.82 Å². The van der Waals surface area contributed by atoms with E-state index in [4.69, 9.17) is 5.11 Å². The van der Waals surface area contributed by atoms with Crippen molar-refractivity contribution in [1.82, 2.24) is 9.97 Å². The molecule has 1 heterocycles. The molecule has 0 aliphatic heterocycles. The summed E-state index contributed by atoms with van der Waals surface area (Å²) in [6, 6.07) is 6.30. The van der Waals surface area contributed by atoms with E-state index in [9.17, 15) is 9.18 Å². The number of benzene rings is 1. The van der Waals surface area contributed by atoms with Crippen molar-refractivity contribution in [1.29, 1.82) is 0 Å². The molecule has 0 bridgehead atoms. The summed E-state index contributed by atoms with van der Waals surface area (Å²) in [5, 5.41) is 9.11. The lowest BCUT2D eigenvalue weighted by Gasteiger charge is -2.05. The molecule has 0 fully saturated rings. The number of rotatable bonds is 4. The molecule has 1 aromatic carbocycles. The third-order valence-electron chi connectivity index (χ3n) is 2.46. The van der Waals surface area contributed by atoms with Gasteiger partial charge in [-0.1, -0.05) is 24.8 Å². The molecule has 0 aliphatic rings. The second-order valence-electron chi connectivity index (χ2n) is 3.73. The number of halogens is 1. The van der Waals surface area contributed by atoms with Crippen molar-refractivity contribution in [2.24, 2.45) is 0 Å². The molecule has 0 amide bonds. The van der Waals surface area contributed by atoms with Crippen LogP contribution in [-0.4, -0.2) is 21.0 Å². The zero-order valence-electron chi connectivity index (χ0n) is 10.1. The second-order valence-corrected chi connectivity index (χ2v) is 4.79. The minimum Gasteiger partial charge on any atom is -0.478 e. The summed E-state index contributed by atoms with van der Waals surface area (Å²) < 4.78 is 14.0. The zero-order chi connectivity index (χ0) is 13.8. The molecule has 0 atom stereocenters. The fourth-order valence-corrected chi connectivity index (χ4v) is 2.37. The fraction of sp³-hybridized carbons (Fsp3) is 0.154. The first kappa shape index (κ1) is 13.5. The summed E-state index contributed by atoms with van der Waals surface area (Å²) in [6.45, 7) is 1.81. The van der Waals surface area contributed by atoms with Gasteiger partial charge in [0.15, 0.2) is 5.82 Å². The molecule has 1 aromatic heterocycles. The van der Waals surface area contributed by atoms with Gasteiger partial charge >= 0.3 is 5.97 Å². The van der Waals surface area contributed by atoms with Gasteiger partial charge in [0.2, 0.25) is 0 Å². The lowest BCUT2D eigenvalue weighted by molar-refractivity contribution is 0.0696. The van der Waals surface area contributed by atoms with E-state index < -0.39 is 11.8 Å². The minimum atomic E-state index is -1.01. The Morgan fingerprint density at radius 2 is 2.21 bits per heavy atom. The zero-order valence-corrected chi connectivity index (χ0v) is 10.9. The van der Waals surface area contributed by atoms with Crippen LogP contribution in [0.15, 0.2) is 40.5 Å². The van der Waals surface area contributed by atoms with Gasteiger partial charge in [0.05, 0.1) is 11.3 Å². The quantitative estimate of drug-likeness (QED) is 0.871. The third-order valence-corrected chi connectivity index (χ3v) is 3.43. The standard InChI is InChI=1S/C13H11FN2O2S/c1-2-10-11(14)12(16-7-15-10)19-9-5-3-4-8(6-9)13(17)18/h3-7H,2H2,1H3,(H,17,18). The maximum absolute atomic E-state index is 14.0. The van der Waals surface area contributed by atoms with E-state index in [2.05, 4.69) is 9.97 Å². The van der Waals surface area contributed by atoms with Gasteiger partial charge in [-0.15, -0.1) is 0 Å². The van der Waals surface area contributed by atoms with E-state index in [1.165, 1.54) is 18.5 Å². The van der Waals surface area contributed by atoms with Crippen LogP contribution in [0.4, 0.5) is 4.39 Å². The maximum Gasteiger partial charge on any atom is 0.335 e. The first-order chi connectivity index (χ1) is 9.11. The van der Waals surface area contributed by atoms with Gasteiger partial charge in [0.25, 0.3) is 0 Å². The normalized spacial score (nSPS) is 10.4. The molecular weight excluding hydrogens is 267 g/mol. The Hall–Kier alpha value is -1.95. The molecule has 0 radical (unpaired) electrons. The number of aromatic nitrogens is 2. The van der Waals surface area contributed by atoms with Gasteiger partial charge in [-0.05, 0) is 24.6 Å². The molecule has 6 heteroatoms. The average molecular weight is 278 g/mol. The topological polar surface area (TPSA) is 63.1 Å². The van der Waals surface area contributed by atoms with Crippen molar-refractivity contribution in [3.8, 4) is 0 Å². The van der Waals surface area contributed by atoms with E-state index in [1.807, 2.05) is 6.92 Å². The average Bonchev–Trinajstić information content (AvgIpc) is 2.41. The molecule has 0 aliphatic carbocycles. The molecule has 2 rings (SSSR count). The number of hydrogen-bond donors (Lipinski definition) is 1. The fourth-order valence-electron chi connectivity index (χ4n) is 1.51. The molecule has 1 N–H and O–H groups in total. The summed E-state index contributed by atoms with van der Waals surface area (Å²) in [5.41, 5.74) is 0.516. The van der Waals surface area contributed by atoms with Crippen LogP contribution in [0.3, 0.4) is 0 Å². The summed E-state index contributed by atoms with van der Waals surface area (Å²) >= 11 is 1.09. The van der Waals surface area contributed by atoms with Crippen molar-refractivity contribution in [3.05, 3.63) is 47.7 Å². The third kappa shape index (κ3) is 3.08. The number of carboxylic acid groups (broad SMARTS) is 1. The molecule has 19 heavy (non-hydrogen) atoms. The van der Waals surface area contributed by atoms with Crippen LogP contribution >= 0.6 is 11.8 Å². The van der Waals surface area contributed by atoms with Crippen LogP contribution < -0.4 is 0 Å². The first-order valence-electron chi connectivity index (χ1n) is 5.62. The lowest BCUT2D eigenvalue weighted by Crippen LogP contribution is -1.98.